The standard InChI is InChI=1S/C16H21N3O2/c1-3-18-7-4-5-13(10-18)14-11-19-8-6-12(16(20)21-2)9-15(19)17-14/h6,8-9,11,13H,3-5,7,10H2,1-2H3. The average Bonchev–Trinajstić information content (AvgIpc) is 2.97. The minimum Gasteiger partial charge on any atom is -0.465 e. The Kier molecular flexibility index (Phi) is 3.92. The first kappa shape index (κ1) is 14.1. The molecule has 0 N–H and O–H groups in total. The Labute approximate surface area is 124 Å². The van der Waals surface area contributed by atoms with Crippen LogP contribution in [-0.4, -0.2) is 47.0 Å². The molecule has 1 atom stereocenters. The Balaban J connectivity index is 1.88. The van der Waals surface area contributed by atoms with Crippen LogP contribution in [0, 0.1) is 0 Å². The number of carbonyl (C=O) groups excluding carboxylic acids is 1. The van der Waals surface area contributed by atoms with E-state index in [2.05, 4.69) is 18.0 Å². The van der Waals surface area contributed by atoms with Gasteiger partial charge in [0.05, 0.1) is 18.4 Å². The third kappa shape index (κ3) is 2.78. The van der Waals surface area contributed by atoms with E-state index in [0.29, 0.717) is 11.5 Å². The molecule has 0 amide bonds. The first-order valence-electron chi connectivity index (χ1n) is 7.50. The van der Waals surface area contributed by atoms with E-state index in [1.807, 2.05) is 10.6 Å². The van der Waals surface area contributed by atoms with Crippen molar-refractivity contribution < 1.29 is 9.53 Å². The van der Waals surface area contributed by atoms with Gasteiger partial charge in [-0.3, -0.25) is 0 Å². The van der Waals surface area contributed by atoms with E-state index < -0.39 is 0 Å². The maximum atomic E-state index is 11.6. The molecular formula is C16H21N3O2. The Hall–Kier alpha value is -1.88. The molecule has 1 fully saturated rings. The highest BCUT2D eigenvalue weighted by Gasteiger charge is 2.22. The van der Waals surface area contributed by atoms with E-state index in [1.54, 1.807) is 12.1 Å². The molecule has 21 heavy (non-hydrogen) atoms. The number of hydrogen-bond donors (Lipinski definition) is 0. The zero-order chi connectivity index (χ0) is 14.8. The molecular weight excluding hydrogens is 266 g/mol. The van der Waals surface area contributed by atoms with Crippen molar-refractivity contribution in [3.05, 3.63) is 35.8 Å². The van der Waals surface area contributed by atoms with Crippen molar-refractivity contribution in [1.82, 2.24) is 14.3 Å². The lowest BCUT2D eigenvalue weighted by atomic mass is 9.95. The summed E-state index contributed by atoms with van der Waals surface area (Å²) < 4.78 is 6.73. The van der Waals surface area contributed by atoms with Crippen LogP contribution in [0.4, 0.5) is 0 Å². The summed E-state index contributed by atoms with van der Waals surface area (Å²) in [6.07, 6.45) is 6.36. The molecule has 0 bridgehead atoms. The highest BCUT2D eigenvalue weighted by atomic mass is 16.5. The van der Waals surface area contributed by atoms with E-state index in [9.17, 15) is 4.79 Å². The molecule has 1 aliphatic heterocycles. The van der Waals surface area contributed by atoms with Crippen molar-refractivity contribution in [1.29, 1.82) is 0 Å². The summed E-state index contributed by atoms with van der Waals surface area (Å²) >= 11 is 0. The van der Waals surface area contributed by atoms with Gasteiger partial charge in [0, 0.05) is 24.9 Å². The Bertz CT molecular complexity index is 650. The molecule has 0 radical (unpaired) electrons. The molecule has 0 aliphatic carbocycles. The summed E-state index contributed by atoms with van der Waals surface area (Å²) in [7, 11) is 1.39. The maximum Gasteiger partial charge on any atom is 0.338 e. The molecule has 112 valence electrons. The van der Waals surface area contributed by atoms with Crippen LogP contribution in [0.1, 0.15) is 41.7 Å². The number of likely N-dealkylation sites (tertiary alicyclic amines) is 1. The van der Waals surface area contributed by atoms with Crippen molar-refractivity contribution in [2.24, 2.45) is 0 Å². The average molecular weight is 287 g/mol. The van der Waals surface area contributed by atoms with Crippen LogP contribution in [0.5, 0.6) is 0 Å². The number of nitrogens with zero attached hydrogens (tertiary/aromatic N) is 3. The number of esters is 1. The highest BCUT2D eigenvalue weighted by molar-refractivity contribution is 5.90. The largest absolute Gasteiger partial charge is 0.465 e. The highest BCUT2D eigenvalue weighted by Crippen LogP contribution is 2.26. The summed E-state index contributed by atoms with van der Waals surface area (Å²) in [5.41, 5.74) is 2.47. The molecule has 1 unspecified atom stereocenters. The molecule has 2 aromatic rings. The predicted molar refractivity (Wildman–Crippen MR) is 80.6 cm³/mol. The van der Waals surface area contributed by atoms with Gasteiger partial charge in [-0.1, -0.05) is 6.92 Å². The fourth-order valence-electron chi connectivity index (χ4n) is 3.03. The van der Waals surface area contributed by atoms with Gasteiger partial charge in [0.25, 0.3) is 0 Å². The van der Waals surface area contributed by atoms with Crippen LogP contribution in [0.3, 0.4) is 0 Å². The van der Waals surface area contributed by atoms with Crippen LogP contribution in [0.15, 0.2) is 24.5 Å². The van der Waals surface area contributed by atoms with Gasteiger partial charge in [-0.15, -0.1) is 0 Å². The predicted octanol–water partition coefficient (Wildman–Crippen LogP) is 2.32. The second-order valence-electron chi connectivity index (χ2n) is 5.57. The van der Waals surface area contributed by atoms with E-state index in [0.717, 1.165) is 24.4 Å². The topological polar surface area (TPSA) is 46.8 Å². The summed E-state index contributed by atoms with van der Waals surface area (Å²) in [5.74, 6) is 0.164. The normalized spacial score (nSPS) is 19.8. The van der Waals surface area contributed by atoms with Crippen molar-refractivity contribution >= 4 is 11.6 Å². The zero-order valence-corrected chi connectivity index (χ0v) is 12.6. The molecule has 0 spiro atoms. The first-order chi connectivity index (χ1) is 10.2. The monoisotopic (exact) mass is 287 g/mol. The Morgan fingerprint density at radius 3 is 3.14 bits per heavy atom. The van der Waals surface area contributed by atoms with Crippen LogP contribution in [0.25, 0.3) is 5.65 Å². The van der Waals surface area contributed by atoms with Crippen molar-refractivity contribution in [2.75, 3.05) is 26.7 Å². The molecule has 0 aromatic carbocycles. The number of methoxy groups -OCH3 is 1. The number of pyridine rings is 1. The zero-order valence-electron chi connectivity index (χ0n) is 12.6. The SMILES string of the molecule is CCN1CCCC(c2cn3ccc(C(=O)OC)cc3n2)C1. The van der Waals surface area contributed by atoms with Crippen LogP contribution in [0.2, 0.25) is 0 Å². The number of piperidine rings is 1. The van der Waals surface area contributed by atoms with E-state index >= 15 is 0 Å². The van der Waals surface area contributed by atoms with E-state index in [-0.39, 0.29) is 5.97 Å². The number of ether oxygens (including phenoxy) is 1. The number of aromatic nitrogens is 2. The third-order valence-electron chi connectivity index (χ3n) is 4.27. The quantitative estimate of drug-likeness (QED) is 0.813. The summed E-state index contributed by atoms with van der Waals surface area (Å²) in [5, 5.41) is 0. The molecule has 5 nitrogen and oxygen atoms in total. The summed E-state index contributed by atoms with van der Waals surface area (Å²) in [6.45, 7) is 5.56. The Morgan fingerprint density at radius 2 is 2.38 bits per heavy atom. The van der Waals surface area contributed by atoms with Crippen LogP contribution in [-0.2, 0) is 4.74 Å². The minimum atomic E-state index is -0.322. The van der Waals surface area contributed by atoms with Gasteiger partial charge < -0.3 is 14.0 Å². The third-order valence-corrected chi connectivity index (χ3v) is 4.27. The molecule has 3 rings (SSSR count). The van der Waals surface area contributed by atoms with Crippen molar-refractivity contribution in [2.45, 2.75) is 25.7 Å². The molecule has 2 aromatic heterocycles. The maximum absolute atomic E-state index is 11.6. The van der Waals surface area contributed by atoms with Crippen molar-refractivity contribution in [3.8, 4) is 0 Å². The van der Waals surface area contributed by atoms with Crippen LogP contribution >= 0.6 is 0 Å². The second-order valence-corrected chi connectivity index (χ2v) is 5.57. The van der Waals surface area contributed by atoms with E-state index in [4.69, 9.17) is 9.72 Å². The van der Waals surface area contributed by atoms with Gasteiger partial charge in [0.2, 0.25) is 0 Å². The lowest BCUT2D eigenvalue weighted by molar-refractivity contribution is 0.0600. The number of imidazole rings is 1. The number of fused-ring (bicyclic) bond motifs is 1. The summed E-state index contributed by atoms with van der Waals surface area (Å²) in [4.78, 5) is 18.8. The molecule has 0 saturated carbocycles. The number of hydrogen-bond acceptors (Lipinski definition) is 4. The lowest BCUT2D eigenvalue weighted by Gasteiger charge is -2.30. The lowest BCUT2D eigenvalue weighted by Crippen LogP contribution is -2.34. The first-order valence-corrected chi connectivity index (χ1v) is 7.50. The molecule has 3 heterocycles. The minimum absolute atomic E-state index is 0.322. The van der Waals surface area contributed by atoms with Crippen LogP contribution < -0.4 is 0 Å². The number of likely N-dealkylation sites (N-methyl/N-ethyl adjacent to an activating group) is 1. The fourth-order valence-corrected chi connectivity index (χ4v) is 3.03. The molecule has 1 aliphatic rings. The smallest absolute Gasteiger partial charge is 0.338 e. The fraction of sp³-hybridized carbons (Fsp3) is 0.500. The Morgan fingerprint density at radius 1 is 1.52 bits per heavy atom. The second kappa shape index (κ2) is 5.85. The molecule has 1 saturated heterocycles. The van der Waals surface area contributed by atoms with Gasteiger partial charge in [-0.25, -0.2) is 9.78 Å². The summed E-state index contributed by atoms with van der Waals surface area (Å²) in [6, 6.07) is 3.55. The van der Waals surface area contributed by atoms with Crippen molar-refractivity contribution in [3.63, 3.8) is 0 Å². The number of carbonyl (C=O) groups is 1. The number of rotatable bonds is 3. The molecule has 5 heteroatoms. The van der Waals surface area contributed by atoms with Gasteiger partial charge in [0.15, 0.2) is 0 Å². The van der Waals surface area contributed by atoms with Gasteiger partial charge in [-0.2, -0.15) is 0 Å². The van der Waals surface area contributed by atoms with E-state index in [1.165, 1.54) is 26.5 Å². The van der Waals surface area contributed by atoms with Gasteiger partial charge >= 0.3 is 5.97 Å². The van der Waals surface area contributed by atoms with Gasteiger partial charge in [0.1, 0.15) is 5.65 Å². The van der Waals surface area contributed by atoms with Gasteiger partial charge in [-0.05, 0) is 38.1 Å².